The van der Waals surface area contributed by atoms with Gasteiger partial charge in [0.1, 0.15) is 0 Å². The Morgan fingerprint density at radius 1 is 1.23 bits per heavy atom. The SMILES string of the molecule is CCC1(O)C[C@]2(C)C=C[C@](C)(C1)O2. The van der Waals surface area contributed by atoms with Crippen LogP contribution in [-0.4, -0.2) is 21.9 Å². The normalized spacial score (nSPS) is 54.2. The summed E-state index contributed by atoms with van der Waals surface area (Å²) in [5.74, 6) is 0. The molecule has 2 aliphatic rings. The molecule has 2 heteroatoms. The van der Waals surface area contributed by atoms with Gasteiger partial charge in [-0.25, -0.2) is 0 Å². The Labute approximate surface area is 79.6 Å². The Bertz CT molecular complexity index is 239. The Morgan fingerprint density at radius 2 is 1.69 bits per heavy atom. The van der Waals surface area contributed by atoms with Crippen LogP contribution in [0.3, 0.4) is 0 Å². The summed E-state index contributed by atoms with van der Waals surface area (Å²) < 4.78 is 5.90. The summed E-state index contributed by atoms with van der Waals surface area (Å²) in [4.78, 5) is 0. The number of hydrogen-bond acceptors (Lipinski definition) is 2. The first kappa shape index (κ1) is 9.22. The highest BCUT2D eigenvalue weighted by atomic mass is 16.5. The van der Waals surface area contributed by atoms with E-state index in [9.17, 15) is 5.11 Å². The predicted molar refractivity (Wildman–Crippen MR) is 51.5 cm³/mol. The average molecular weight is 182 g/mol. The van der Waals surface area contributed by atoms with E-state index in [4.69, 9.17) is 4.74 Å². The van der Waals surface area contributed by atoms with Crippen molar-refractivity contribution < 1.29 is 9.84 Å². The van der Waals surface area contributed by atoms with Crippen LogP contribution in [-0.2, 0) is 4.74 Å². The number of hydrogen-bond donors (Lipinski definition) is 1. The molecule has 0 radical (unpaired) electrons. The van der Waals surface area contributed by atoms with Crippen LogP contribution >= 0.6 is 0 Å². The van der Waals surface area contributed by atoms with Gasteiger partial charge >= 0.3 is 0 Å². The first-order chi connectivity index (χ1) is 5.89. The van der Waals surface area contributed by atoms with Gasteiger partial charge in [-0.3, -0.25) is 0 Å². The summed E-state index contributed by atoms with van der Waals surface area (Å²) in [7, 11) is 0. The molecular formula is C11H18O2. The highest BCUT2D eigenvalue weighted by Gasteiger charge is 2.51. The summed E-state index contributed by atoms with van der Waals surface area (Å²) >= 11 is 0. The quantitative estimate of drug-likeness (QED) is 0.629. The molecule has 0 spiro atoms. The molecule has 2 rings (SSSR count). The molecule has 13 heavy (non-hydrogen) atoms. The molecule has 3 atom stereocenters. The number of fused-ring (bicyclic) bond motifs is 2. The number of ether oxygens (including phenoxy) is 1. The van der Waals surface area contributed by atoms with E-state index in [0.29, 0.717) is 0 Å². The fourth-order valence-electron chi connectivity index (χ4n) is 2.76. The minimum atomic E-state index is -0.536. The van der Waals surface area contributed by atoms with E-state index in [1.165, 1.54) is 0 Å². The third-order valence-electron chi connectivity index (χ3n) is 3.27. The minimum absolute atomic E-state index is 0.238. The zero-order chi connectivity index (χ0) is 9.74. The van der Waals surface area contributed by atoms with Gasteiger partial charge in [-0.2, -0.15) is 0 Å². The smallest absolute Gasteiger partial charge is 0.0874 e. The molecular weight excluding hydrogens is 164 g/mol. The molecule has 1 N–H and O–H groups in total. The van der Waals surface area contributed by atoms with Crippen molar-refractivity contribution in [2.24, 2.45) is 0 Å². The maximum atomic E-state index is 10.3. The van der Waals surface area contributed by atoms with Crippen LogP contribution in [0.25, 0.3) is 0 Å². The van der Waals surface area contributed by atoms with Gasteiger partial charge in [0.15, 0.2) is 0 Å². The van der Waals surface area contributed by atoms with Crippen molar-refractivity contribution in [3.05, 3.63) is 12.2 Å². The Balaban J connectivity index is 2.29. The molecule has 0 aromatic carbocycles. The topological polar surface area (TPSA) is 29.5 Å². The van der Waals surface area contributed by atoms with E-state index in [1.807, 2.05) is 6.92 Å². The average Bonchev–Trinajstić information content (AvgIpc) is 2.21. The lowest BCUT2D eigenvalue weighted by Crippen LogP contribution is -2.51. The lowest BCUT2D eigenvalue weighted by atomic mass is 9.79. The zero-order valence-corrected chi connectivity index (χ0v) is 8.63. The third-order valence-corrected chi connectivity index (χ3v) is 3.27. The molecule has 0 amide bonds. The molecule has 1 saturated heterocycles. The van der Waals surface area contributed by atoms with Crippen LogP contribution in [0.2, 0.25) is 0 Å². The van der Waals surface area contributed by atoms with Gasteiger partial charge in [0.05, 0.1) is 16.8 Å². The molecule has 0 aromatic heterocycles. The van der Waals surface area contributed by atoms with Gasteiger partial charge in [0, 0.05) is 12.8 Å². The van der Waals surface area contributed by atoms with E-state index in [2.05, 4.69) is 26.0 Å². The maximum absolute atomic E-state index is 10.3. The van der Waals surface area contributed by atoms with Gasteiger partial charge in [0.25, 0.3) is 0 Å². The summed E-state index contributed by atoms with van der Waals surface area (Å²) in [6.45, 7) is 6.14. The van der Waals surface area contributed by atoms with Crippen LogP contribution in [0.15, 0.2) is 12.2 Å². The first-order valence-corrected chi connectivity index (χ1v) is 5.02. The zero-order valence-electron chi connectivity index (χ0n) is 8.63. The number of aliphatic hydroxyl groups is 1. The second-order valence-electron chi connectivity index (χ2n) is 4.99. The minimum Gasteiger partial charge on any atom is -0.390 e. The van der Waals surface area contributed by atoms with Crippen molar-refractivity contribution in [2.45, 2.75) is 56.8 Å². The van der Waals surface area contributed by atoms with Gasteiger partial charge in [0.2, 0.25) is 0 Å². The van der Waals surface area contributed by atoms with Crippen LogP contribution in [0.5, 0.6) is 0 Å². The van der Waals surface area contributed by atoms with E-state index in [-0.39, 0.29) is 11.2 Å². The summed E-state index contributed by atoms with van der Waals surface area (Å²) in [5, 5.41) is 10.3. The largest absolute Gasteiger partial charge is 0.390 e. The molecule has 74 valence electrons. The first-order valence-electron chi connectivity index (χ1n) is 5.02. The molecule has 2 bridgehead atoms. The Kier molecular flexibility index (Phi) is 1.68. The third kappa shape index (κ3) is 1.42. The molecule has 1 unspecified atom stereocenters. The van der Waals surface area contributed by atoms with Crippen LogP contribution < -0.4 is 0 Å². The second-order valence-corrected chi connectivity index (χ2v) is 4.99. The molecule has 2 aliphatic heterocycles. The lowest BCUT2D eigenvalue weighted by Gasteiger charge is -2.45. The maximum Gasteiger partial charge on any atom is 0.0874 e. The molecule has 1 fully saturated rings. The number of rotatable bonds is 1. The van der Waals surface area contributed by atoms with Crippen LogP contribution in [0, 0.1) is 0 Å². The molecule has 2 heterocycles. The Hall–Kier alpha value is -0.340. The lowest BCUT2D eigenvalue weighted by molar-refractivity contribution is -0.183. The van der Waals surface area contributed by atoms with Crippen molar-refractivity contribution in [2.75, 3.05) is 0 Å². The highest BCUT2D eigenvalue weighted by Crippen LogP contribution is 2.48. The fourth-order valence-corrected chi connectivity index (χ4v) is 2.76. The van der Waals surface area contributed by atoms with Crippen molar-refractivity contribution in [3.63, 3.8) is 0 Å². The second kappa shape index (κ2) is 2.37. The highest BCUT2D eigenvalue weighted by molar-refractivity contribution is 5.22. The standard InChI is InChI=1S/C11H18O2/c1-4-11(12)7-9(2)5-6-10(3,8-11)13-9/h5-6,12H,4,7-8H2,1-3H3/t9-,10+,11?. The van der Waals surface area contributed by atoms with Gasteiger partial charge in [-0.1, -0.05) is 19.1 Å². The van der Waals surface area contributed by atoms with E-state index >= 15 is 0 Å². The molecule has 2 nitrogen and oxygen atoms in total. The van der Waals surface area contributed by atoms with E-state index < -0.39 is 5.60 Å². The van der Waals surface area contributed by atoms with E-state index in [1.54, 1.807) is 0 Å². The van der Waals surface area contributed by atoms with Crippen LogP contribution in [0.4, 0.5) is 0 Å². The van der Waals surface area contributed by atoms with E-state index in [0.717, 1.165) is 19.3 Å². The van der Waals surface area contributed by atoms with Crippen molar-refractivity contribution >= 4 is 0 Å². The van der Waals surface area contributed by atoms with Crippen molar-refractivity contribution in [3.8, 4) is 0 Å². The summed E-state index contributed by atoms with van der Waals surface area (Å²) in [6.07, 6.45) is 6.45. The van der Waals surface area contributed by atoms with Gasteiger partial charge in [-0.15, -0.1) is 0 Å². The molecule has 0 aliphatic carbocycles. The van der Waals surface area contributed by atoms with Crippen molar-refractivity contribution in [1.82, 2.24) is 0 Å². The fraction of sp³-hybridized carbons (Fsp3) is 0.818. The van der Waals surface area contributed by atoms with Gasteiger partial charge in [-0.05, 0) is 20.3 Å². The van der Waals surface area contributed by atoms with Gasteiger partial charge < -0.3 is 9.84 Å². The summed E-state index contributed by atoms with van der Waals surface area (Å²) in [6, 6.07) is 0. The summed E-state index contributed by atoms with van der Waals surface area (Å²) in [5.41, 5.74) is -1.01. The van der Waals surface area contributed by atoms with Crippen LogP contribution in [0.1, 0.15) is 40.0 Å². The van der Waals surface area contributed by atoms with Crippen molar-refractivity contribution in [1.29, 1.82) is 0 Å². The molecule has 0 saturated carbocycles. The Morgan fingerprint density at radius 3 is 2.08 bits per heavy atom. The predicted octanol–water partition coefficient (Wildman–Crippen LogP) is 2.03. The monoisotopic (exact) mass is 182 g/mol. The molecule has 0 aromatic rings.